The molecule has 1 aromatic carbocycles. The van der Waals surface area contributed by atoms with Gasteiger partial charge >= 0.3 is 6.03 Å². The molecule has 2 amide bonds. The summed E-state index contributed by atoms with van der Waals surface area (Å²) in [5.41, 5.74) is 3.39. The first-order chi connectivity index (χ1) is 10.4. The van der Waals surface area contributed by atoms with E-state index in [0.29, 0.717) is 19.0 Å². The molecule has 0 aliphatic heterocycles. The zero-order chi connectivity index (χ0) is 16.3. The fraction of sp³-hybridized carbons (Fsp3) is 0.588. The Kier molecular flexibility index (Phi) is 5.29. The molecule has 0 radical (unpaired) electrons. The van der Waals surface area contributed by atoms with Gasteiger partial charge in [-0.3, -0.25) is 0 Å². The maximum atomic E-state index is 12.1. The second kappa shape index (κ2) is 7.01. The van der Waals surface area contributed by atoms with Crippen LogP contribution in [0.15, 0.2) is 18.2 Å². The summed E-state index contributed by atoms with van der Waals surface area (Å²) in [6.45, 7) is 2.93. The Morgan fingerprint density at radius 3 is 2.64 bits per heavy atom. The quantitative estimate of drug-likeness (QED) is 0.845. The summed E-state index contributed by atoms with van der Waals surface area (Å²) in [6.07, 6.45) is 1.76. The smallest absolute Gasteiger partial charge is 0.317 e. The first kappa shape index (κ1) is 16.6. The third-order valence-electron chi connectivity index (χ3n) is 4.13. The summed E-state index contributed by atoms with van der Waals surface area (Å²) >= 11 is 0. The summed E-state index contributed by atoms with van der Waals surface area (Å²) in [5, 5.41) is 12.8. The highest BCUT2D eigenvalue weighted by atomic mass is 16.3. The van der Waals surface area contributed by atoms with Crippen molar-refractivity contribution in [2.24, 2.45) is 5.92 Å². The van der Waals surface area contributed by atoms with Crippen LogP contribution in [0.5, 0.6) is 0 Å². The zero-order valence-electron chi connectivity index (χ0n) is 14.0. The van der Waals surface area contributed by atoms with Crippen LogP contribution in [-0.4, -0.2) is 49.8 Å². The Balaban J connectivity index is 1.90. The van der Waals surface area contributed by atoms with E-state index in [-0.39, 0.29) is 6.03 Å². The first-order valence-corrected chi connectivity index (χ1v) is 7.82. The first-order valence-electron chi connectivity index (χ1n) is 7.82. The average molecular weight is 305 g/mol. The molecule has 0 bridgehead atoms. The van der Waals surface area contributed by atoms with Crippen LogP contribution in [0.3, 0.4) is 0 Å². The maximum Gasteiger partial charge on any atom is 0.317 e. The molecule has 22 heavy (non-hydrogen) atoms. The maximum absolute atomic E-state index is 12.1. The molecule has 1 saturated carbocycles. The minimum absolute atomic E-state index is 0.148. The van der Waals surface area contributed by atoms with Crippen LogP contribution in [-0.2, 0) is 6.54 Å². The van der Waals surface area contributed by atoms with E-state index in [4.69, 9.17) is 0 Å². The van der Waals surface area contributed by atoms with Crippen molar-refractivity contribution in [3.8, 4) is 0 Å². The number of carbonyl (C=O) groups is 1. The van der Waals surface area contributed by atoms with Crippen LogP contribution in [0.2, 0.25) is 0 Å². The Hall–Kier alpha value is -1.75. The minimum atomic E-state index is -0.396. The molecule has 0 aromatic heterocycles. The third-order valence-corrected chi connectivity index (χ3v) is 4.13. The van der Waals surface area contributed by atoms with Gasteiger partial charge in [0.1, 0.15) is 0 Å². The molecule has 122 valence electrons. The van der Waals surface area contributed by atoms with Gasteiger partial charge in [0, 0.05) is 39.9 Å². The lowest BCUT2D eigenvalue weighted by molar-refractivity contribution is 0.113. The topological polar surface area (TPSA) is 55.8 Å². The number of likely N-dealkylation sites (N-methyl/N-ethyl adjacent to an activating group) is 1. The highest BCUT2D eigenvalue weighted by Gasteiger charge is 2.31. The van der Waals surface area contributed by atoms with Gasteiger partial charge in [-0.25, -0.2) is 4.79 Å². The lowest BCUT2D eigenvalue weighted by Crippen LogP contribution is -2.41. The number of nitrogens with zero attached hydrogens (tertiary/aromatic N) is 2. The summed E-state index contributed by atoms with van der Waals surface area (Å²) in [6, 6.07) is 6.06. The van der Waals surface area contributed by atoms with Crippen molar-refractivity contribution in [2.75, 3.05) is 32.6 Å². The van der Waals surface area contributed by atoms with Crippen LogP contribution in [0, 0.1) is 12.8 Å². The van der Waals surface area contributed by atoms with Crippen molar-refractivity contribution in [2.45, 2.75) is 32.4 Å². The number of rotatable bonds is 6. The second-order valence-corrected chi connectivity index (χ2v) is 6.47. The predicted octanol–water partition coefficient (Wildman–Crippen LogP) is 1.97. The molecule has 5 heteroatoms. The van der Waals surface area contributed by atoms with Gasteiger partial charge in [0.25, 0.3) is 0 Å². The molecule has 1 aliphatic rings. The lowest BCUT2D eigenvalue weighted by atomic mass is 10.1. The Morgan fingerprint density at radius 2 is 2.05 bits per heavy atom. The molecular formula is C17H27N3O2. The molecule has 1 aliphatic carbocycles. The molecule has 1 fully saturated rings. The SMILES string of the molecule is Cc1ccc(CNC(=O)N(C)CC(O)C2CC2)c(N(C)C)c1. The number of benzene rings is 1. The van der Waals surface area contributed by atoms with Crippen molar-refractivity contribution in [1.29, 1.82) is 0 Å². The molecule has 2 rings (SSSR count). The number of aryl methyl sites for hydroxylation is 1. The van der Waals surface area contributed by atoms with E-state index in [1.807, 2.05) is 20.2 Å². The molecule has 1 unspecified atom stereocenters. The molecule has 1 aromatic rings. The number of hydrogen-bond acceptors (Lipinski definition) is 3. The van der Waals surface area contributed by atoms with Gasteiger partial charge in [0.05, 0.1) is 6.10 Å². The van der Waals surface area contributed by atoms with E-state index in [9.17, 15) is 9.90 Å². The Morgan fingerprint density at radius 1 is 1.36 bits per heavy atom. The van der Waals surface area contributed by atoms with Crippen molar-refractivity contribution >= 4 is 11.7 Å². The van der Waals surface area contributed by atoms with Gasteiger partial charge in [-0.15, -0.1) is 0 Å². The van der Waals surface area contributed by atoms with E-state index in [1.54, 1.807) is 11.9 Å². The molecule has 2 N–H and O–H groups in total. The standard InChI is InChI=1S/C17H27N3O2/c1-12-5-6-14(15(9-12)19(2)3)10-18-17(22)20(4)11-16(21)13-7-8-13/h5-6,9,13,16,21H,7-8,10-11H2,1-4H3,(H,18,22). The van der Waals surface area contributed by atoms with Crippen molar-refractivity contribution in [3.05, 3.63) is 29.3 Å². The molecule has 5 nitrogen and oxygen atoms in total. The highest BCUT2D eigenvalue weighted by molar-refractivity contribution is 5.74. The fourth-order valence-corrected chi connectivity index (χ4v) is 2.54. The number of hydrogen-bond donors (Lipinski definition) is 2. The van der Waals surface area contributed by atoms with Gasteiger partial charge in [0.2, 0.25) is 0 Å². The van der Waals surface area contributed by atoms with E-state index in [1.165, 1.54) is 5.56 Å². The van der Waals surface area contributed by atoms with Gasteiger partial charge in [-0.1, -0.05) is 12.1 Å². The largest absolute Gasteiger partial charge is 0.391 e. The van der Waals surface area contributed by atoms with Gasteiger partial charge in [0.15, 0.2) is 0 Å². The fourth-order valence-electron chi connectivity index (χ4n) is 2.54. The van der Waals surface area contributed by atoms with Crippen LogP contribution in [0.1, 0.15) is 24.0 Å². The highest BCUT2D eigenvalue weighted by Crippen LogP contribution is 2.32. The lowest BCUT2D eigenvalue weighted by Gasteiger charge is -2.23. The van der Waals surface area contributed by atoms with E-state index < -0.39 is 6.10 Å². The third kappa shape index (κ3) is 4.37. The predicted molar refractivity (Wildman–Crippen MR) is 89.1 cm³/mol. The van der Waals surface area contributed by atoms with Crippen LogP contribution in [0.4, 0.5) is 10.5 Å². The number of urea groups is 1. The zero-order valence-corrected chi connectivity index (χ0v) is 14.0. The number of carbonyl (C=O) groups excluding carboxylic acids is 1. The van der Waals surface area contributed by atoms with Crippen LogP contribution < -0.4 is 10.2 Å². The monoisotopic (exact) mass is 305 g/mol. The van der Waals surface area contributed by atoms with Crippen LogP contribution in [0.25, 0.3) is 0 Å². The Bertz CT molecular complexity index is 527. The van der Waals surface area contributed by atoms with Crippen molar-refractivity contribution in [3.63, 3.8) is 0 Å². The number of nitrogens with one attached hydrogen (secondary N) is 1. The molecular weight excluding hydrogens is 278 g/mol. The average Bonchev–Trinajstić information content (AvgIpc) is 3.29. The minimum Gasteiger partial charge on any atom is -0.391 e. The van der Waals surface area contributed by atoms with E-state index >= 15 is 0 Å². The molecule has 0 spiro atoms. The second-order valence-electron chi connectivity index (χ2n) is 6.47. The van der Waals surface area contributed by atoms with Crippen molar-refractivity contribution in [1.82, 2.24) is 10.2 Å². The van der Waals surface area contributed by atoms with Crippen molar-refractivity contribution < 1.29 is 9.90 Å². The van der Waals surface area contributed by atoms with E-state index in [2.05, 4.69) is 29.3 Å². The summed E-state index contributed by atoms with van der Waals surface area (Å²) in [5.74, 6) is 0.382. The van der Waals surface area contributed by atoms with Gasteiger partial charge < -0.3 is 20.2 Å². The number of aliphatic hydroxyl groups is 1. The van der Waals surface area contributed by atoms with E-state index in [0.717, 1.165) is 24.1 Å². The summed E-state index contributed by atoms with van der Waals surface area (Å²) in [4.78, 5) is 15.7. The molecule has 0 saturated heterocycles. The Labute approximate surface area is 132 Å². The van der Waals surface area contributed by atoms with Gasteiger partial charge in [-0.2, -0.15) is 0 Å². The summed E-state index contributed by atoms with van der Waals surface area (Å²) < 4.78 is 0. The molecule has 0 heterocycles. The number of amides is 2. The van der Waals surface area contributed by atoms with Crippen LogP contribution >= 0.6 is 0 Å². The summed E-state index contributed by atoms with van der Waals surface area (Å²) in [7, 11) is 5.72. The molecule has 1 atom stereocenters. The number of anilines is 1. The normalized spacial score (nSPS) is 15.3. The van der Waals surface area contributed by atoms with Gasteiger partial charge in [-0.05, 0) is 42.9 Å². The number of aliphatic hydroxyl groups excluding tert-OH is 1.